The molecule has 0 saturated heterocycles. The predicted molar refractivity (Wildman–Crippen MR) is 285 cm³/mol. The third kappa shape index (κ3) is 48.2. The van der Waals surface area contributed by atoms with Gasteiger partial charge in [-0.2, -0.15) is 0 Å². The Hall–Kier alpha value is -1.94. The smallest absolute Gasteiger partial charge is 0.462 e. The highest BCUT2D eigenvalue weighted by Crippen LogP contribution is 2.45. The first-order chi connectivity index (χ1) is 35.1. The summed E-state index contributed by atoms with van der Waals surface area (Å²) in [5.74, 6) is -1.37. The summed E-state index contributed by atoms with van der Waals surface area (Å²) >= 11 is 0. The summed E-state index contributed by atoms with van der Waals surface area (Å²) in [5.41, 5.74) is 0. The van der Waals surface area contributed by atoms with Crippen LogP contribution in [0.4, 0.5) is 0 Å². The molecule has 0 fully saturated rings. The van der Waals surface area contributed by atoms with Crippen molar-refractivity contribution in [2.24, 2.45) is 5.92 Å². The average molecular weight is 1090 g/mol. The van der Waals surface area contributed by atoms with Crippen LogP contribution < -0.4 is 0 Å². The first kappa shape index (κ1) is 71.1. The Morgan fingerprint density at radius 3 is 0.973 bits per heavy atom. The Kier molecular flexibility index (Phi) is 47.1. The minimum atomic E-state index is -4.93. The van der Waals surface area contributed by atoms with E-state index in [9.17, 15) is 43.2 Å². The number of phosphoric acid groups is 2. The standard InChI is InChI=1S/C54H104O17P2/c1-6-10-13-16-17-20-24-29-33-38-52(57)65-44-50(71-54(59)40-35-30-25-22-19-18-21-23-28-31-36-47(5)9-4)46-69-73(62,63)67-42-48(55)41-66-72(60,61)68-45-49(70-53(58)39-34-27-15-12-8-3)43-64-51(56)37-32-26-14-11-7-2/h47-50,55H,6-46H2,1-5H3,(H,60,61)(H,62,63)/t47?,48-,49+,50+/m0/s1. The van der Waals surface area contributed by atoms with E-state index in [4.69, 9.17) is 37.0 Å². The molecule has 0 radical (unpaired) electrons. The number of carbonyl (C=O) groups is 4. The lowest BCUT2D eigenvalue weighted by molar-refractivity contribution is -0.161. The van der Waals surface area contributed by atoms with Crippen molar-refractivity contribution in [3.05, 3.63) is 0 Å². The highest BCUT2D eigenvalue weighted by molar-refractivity contribution is 7.47. The van der Waals surface area contributed by atoms with Crippen molar-refractivity contribution < 1.29 is 80.2 Å². The number of unbranched alkanes of at least 4 members (excludes halogenated alkanes) is 25. The number of rotatable bonds is 54. The van der Waals surface area contributed by atoms with Gasteiger partial charge in [0.1, 0.15) is 19.3 Å². The van der Waals surface area contributed by atoms with Crippen LogP contribution in [0.1, 0.15) is 259 Å². The highest BCUT2D eigenvalue weighted by atomic mass is 31.2. The number of hydrogen-bond acceptors (Lipinski definition) is 15. The molecule has 0 bridgehead atoms. The van der Waals surface area contributed by atoms with Crippen molar-refractivity contribution >= 4 is 39.5 Å². The normalized spacial score (nSPS) is 14.9. The van der Waals surface area contributed by atoms with Crippen LogP contribution in [0.3, 0.4) is 0 Å². The maximum absolute atomic E-state index is 12.9. The molecule has 0 aliphatic heterocycles. The lowest BCUT2D eigenvalue weighted by Crippen LogP contribution is -2.30. The molecule has 0 aromatic carbocycles. The quantitative estimate of drug-likeness (QED) is 0.0222. The number of ether oxygens (including phenoxy) is 4. The molecule has 0 heterocycles. The van der Waals surface area contributed by atoms with Crippen LogP contribution in [0.25, 0.3) is 0 Å². The van der Waals surface area contributed by atoms with Gasteiger partial charge in [-0.1, -0.05) is 208 Å². The van der Waals surface area contributed by atoms with Crippen molar-refractivity contribution in [2.75, 3.05) is 39.6 Å². The van der Waals surface area contributed by atoms with Crippen LogP contribution >= 0.6 is 15.6 Å². The zero-order valence-electron chi connectivity index (χ0n) is 46.3. The Bertz CT molecular complexity index is 1450. The van der Waals surface area contributed by atoms with Crippen molar-refractivity contribution in [2.45, 2.75) is 278 Å². The van der Waals surface area contributed by atoms with Crippen LogP contribution in [0.2, 0.25) is 0 Å². The Morgan fingerprint density at radius 2 is 0.658 bits per heavy atom. The molecule has 19 heteroatoms. The molecule has 432 valence electrons. The van der Waals surface area contributed by atoms with E-state index >= 15 is 0 Å². The highest BCUT2D eigenvalue weighted by Gasteiger charge is 2.30. The van der Waals surface area contributed by atoms with Gasteiger partial charge in [-0.15, -0.1) is 0 Å². The first-order valence-electron chi connectivity index (χ1n) is 28.7. The van der Waals surface area contributed by atoms with E-state index in [0.29, 0.717) is 25.7 Å². The van der Waals surface area contributed by atoms with Crippen molar-refractivity contribution in [1.82, 2.24) is 0 Å². The third-order valence-electron chi connectivity index (χ3n) is 12.6. The molecule has 0 saturated carbocycles. The molecular formula is C54H104O17P2. The molecule has 0 aromatic rings. The molecule has 17 nitrogen and oxygen atoms in total. The van der Waals surface area contributed by atoms with Gasteiger partial charge in [0.2, 0.25) is 0 Å². The molecule has 0 spiro atoms. The average Bonchev–Trinajstić information content (AvgIpc) is 3.36. The van der Waals surface area contributed by atoms with Gasteiger partial charge in [-0.25, -0.2) is 9.13 Å². The zero-order valence-corrected chi connectivity index (χ0v) is 48.0. The largest absolute Gasteiger partial charge is 0.472 e. The van der Waals surface area contributed by atoms with Gasteiger partial charge >= 0.3 is 39.5 Å². The van der Waals surface area contributed by atoms with Gasteiger partial charge in [0.15, 0.2) is 12.2 Å². The summed E-state index contributed by atoms with van der Waals surface area (Å²) in [5, 5.41) is 10.4. The Balaban J connectivity index is 5.13. The van der Waals surface area contributed by atoms with E-state index in [1.165, 1.54) is 77.0 Å². The van der Waals surface area contributed by atoms with E-state index in [1.54, 1.807) is 0 Å². The number of hydrogen-bond donors (Lipinski definition) is 3. The molecule has 3 N–H and O–H groups in total. The molecule has 0 amide bonds. The SMILES string of the molecule is CCCCCCCCCCCC(=O)OC[C@H](COP(=O)(O)OC[C@@H](O)COP(=O)(O)OC[C@@H](COC(=O)CCCCCCC)OC(=O)CCCCCCC)OC(=O)CCCCCCCCCCCCC(C)CC. The van der Waals surface area contributed by atoms with E-state index in [2.05, 4.69) is 34.6 Å². The molecule has 6 atom stereocenters. The molecule has 73 heavy (non-hydrogen) atoms. The van der Waals surface area contributed by atoms with E-state index in [0.717, 1.165) is 102 Å². The number of aliphatic hydroxyl groups is 1. The van der Waals surface area contributed by atoms with E-state index in [-0.39, 0.29) is 25.7 Å². The minimum Gasteiger partial charge on any atom is -0.462 e. The second-order valence-corrected chi connectivity index (χ2v) is 22.8. The predicted octanol–water partition coefficient (Wildman–Crippen LogP) is 13.9. The van der Waals surface area contributed by atoms with Crippen LogP contribution in [0.15, 0.2) is 0 Å². The first-order valence-corrected chi connectivity index (χ1v) is 31.7. The van der Waals surface area contributed by atoms with Gasteiger partial charge in [0, 0.05) is 25.7 Å². The molecule has 3 unspecified atom stereocenters. The summed E-state index contributed by atoms with van der Waals surface area (Å²) < 4.78 is 67.1. The van der Waals surface area contributed by atoms with Crippen LogP contribution in [0.5, 0.6) is 0 Å². The number of esters is 4. The summed E-state index contributed by atoms with van der Waals surface area (Å²) in [6.45, 7) is 6.94. The van der Waals surface area contributed by atoms with Gasteiger partial charge in [-0.3, -0.25) is 37.3 Å². The lowest BCUT2D eigenvalue weighted by Gasteiger charge is -2.21. The number of carbonyl (C=O) groups excluding carboxylic acids is 4. The zero-order chi connectivity index (χ0) is 54.3. The summed E-state index contributed by atoms with van der Waals surface area (Å²) in [4.78, 5) is 71.2. The van der Waals surface area contributed by atoms with Gasteiger partial charge in [0.25, 0.3) is 0 Å². The van der Waals surface area contributed by atoms with Gasteiger partial charge in [-0.05, 0) is 31.6 Å². The van der Waals surface area contributed by atoms with Gasteiger partial charge < -0.3 is 33.8 Å². The molecule has 0 rings (SSSR count). The van der Waals surface area contributed by atoms with Gasteiger partial charge in [0.05, 0.1) is 26.4 Å². The second kappa shape index (κ2) is 48.4. The maximum Gasteiger partial charge on any atom is 0.472 e. The summed E-state index contributed by atoms with van der Waals surface area (Å²) in [6.07, 6.45) is 28.7. The topological polar surface area (TPSA) is 237 Å². The molecule has 0 aliphatic carbocycles. The molecule has 0 aliphatic rings. The molecular weight excluding hydrogens is 983 g/mol. The number of aliphatic hydroxyl groups excluding tert-OH is 1. The fraction of sp³-hybridized carbons (Fsp3) is 0.926. The van der Waals surface area contributed by atoms with Crippen molar-refractivity contribution in [3.8, 4) is 0 Å². The minimum absolute atomic E-state index is 0.0986. The fourth-order valence-corrected chi connectivity index (χ4v) is 9.36. The second-order valence-electron chi connectivity index (χ2n) is 19.9. The van der Waals surface area contributed by atoms with E-state index < -0.39 is 97.5 Å². The Morgan fingerprint density at radius 1 is 0.384 bits per heavy atom. The third-order valence-corrected chi connectivity index (χ3v) is 14.5. The summed E-state index contributed by atoms with van der Waals surface area (Å²) in [7, 11) is -9.85. The van der Waals surface area contributed by atoms with Crippen LogP contribution in [0, 0.1) is 5.92 Å². The lowest BCUT2D eigenvalue weighted by atomic mass is 9.99. The van der Waals surface area contributed by atoms with Crippen molar-refractivity contribution in [3.63, 3.8) is 0 Å². The monoisotopic (exact) mass is 1090 g/mol. The van der Waals surface area contributed by atoms with Crippen molar-refractivity contribution in [1.29, 1.82) is 0 Å². The van der Waals surface area contributed by atoms with Crippen LogP contribution in [-0.4, -0.2) is 96.7 Å². The number of phosphoric ester groups is 2. The Labute approximate surface area is 441 Å². The maximum atomic E-state index is 12.9. The summed E-state index contributed by atoms with van der Waals surface area (Å²) in [6, 6.07) is 0. The van der Waals surface area contributed by atoms with Crippen LogP contribution in [-0.2, 0) is 65.4 Å². The fourth-order valence-electron chi connectivity index (χ4n) is 7.78. The van der Waals surface area contributed by atoms with E-state index in [1.807, 2.05) is 0 Å². The molecule has 0 aromatic heterocycles.